The van der Waals surface area contributed by atoms with Gasteiger partial charge in [-0.15, -0.1) is 0 Å². The van der Waals surface area contributed by atoms with Crippen molar-refractivity contribution in [3.63, 3.8) is 0 Å². The fourth-order valence-electron chi connectivity index (χ4n) is 1.77. The molecule has 0 bridgehead atoms. The highest BCUT2D eigenvalue weighted by molar-refractivity contribution is 5.95. The zero-order chi connectivity index (χ0) is 13.3. The van der Waals surface area contributed by atoms with Gasteiger partial charge < -0.3 is 15.5 Å². The molecule has 1 aromatic carbocycles. The summed E-state index contributed by atoms with van der Waals surface area (Å²) in [5, 5.41) is 21.0. The molecule has 2 rings (SSSR count). The largest absolute Gasteiger partial charge is 0.508 e. The molecular weight excluding hydrogens is 234 g/mol. The number of hydrogen-bond acceptors (Lipinski definition) is 3. The number of carboxylic acids is 1. The molecule has 1 aliphatic carbocycles. The van der Waals surface area contributed by atoms with Crippen LogP contribution in [0.15, 0.2) is 18.2 Å². The molecule has 18 heavy (non-hydrogen) atoms. The SMILES string of the molecule is Cc1cc(C(=O)NCC2(C(=O)O)CC2)ccc1O. The Bertz CT molecular complexity index is 506. The molecule has 1 aromatic rings. The summed E-state index contributed by atoms with van der Waals surface area (Å²) in [5.41, 5.74) is 0.273. The minimum Gasteiger partial charge on any atom is -0.508 e. The molecule has 1 amide bonds. The zero-order valence-corrected chi connectivity index (χ0v) is 10.1. The van der Waals surface area contributed by atoms with Crippen LogP contribution in [0.5, 0.6) is 5.75 Å². The lowest BCUT2D eigenvalue weighted by Gasteiger charge is -2.11. The maximum absolute atomic E-state index is 11.8. The summed E-state index contributed by atoms with van der Waals surface area (Å²) in [5.74, 6) is -1.04. The van der Waals surface area contributed by atoms with Gasteiger partial charge in [-0.3, -0.25) is 9.59 Å². The van der Waals surface area contributed by atoms with Crippen molar-refractivity contribution in [3.8, 4) is 5.75 Å². The van der Waals surface area contributed by atoms with E-state index in [4.69, 9.17) is 5.11 Å². The molecular formula is C13H15NO4. The summed E-state index contributed by atoms with van der Waals surface area (Å²) in [6, 6.07) is 4.54. The van der Waals surface area contributed by atoms with Gasteiger partial charge in [0.05, 0.1) is 5.41 Å². The van der Waals surface area contributed by atoms with Gasteiger partial charge in [0, 0.05) is 12.1 Å². The Morgan fingerprint density at radius 1 is 1.39 bits per heavy atom. The molecule has 0 spiro atoms. The number of aryl methyl sites for hydroxylation is 1. The quantitative estimate of drug-likeness (QED) is 0.750. The number of carbonyl (C=O) groups excluding carboxylic acids is 1. The predicted molar refractivity (Wildman–Crippen MR) is 64.5 cm³/mol. The summed E-state index contributed by atoms with van der Waals surface area (Å²) in [7, 11) is 0. The molecule has 5 heteroatoms. The van der Waals surface area contributed by atoms with Crippen LogP contribution in [-0.2, 0) is 4.79 Å². The van der Waals surface area contributed by atoms with Gasteiger partial charge in [0.15, 0.2) is 0 Å². The van der Waals surface area contributed by atoms with Crippen molar-refractivity contribution in [1.29, 1.82) is 0 Å². The highest BCUT2D eigenvalue weighted by atomic mass is 16.4. The number of amides is 1. The molecule has 96 valence electrons. The second kappa shape index (κ2) is 4.33. The summed E-state index contributed by atoms with van der Waals surface area (Å²) >= 11 is 0. The van der Waals surface area contributed by atoms with Crippen LogP contribution in [0.1, 0.15) is 28.8 Å². The van der Waals surface area contributed by atoms with E-state index in [1.807, 2.05) is 0 Å². The van der Waals surface area contributed by atoms with Gasteiger partial charge in [-0.1, -0.05) is 0 Å². The number of aromatic hydroxyl groups is 1. The number of carboxylic acid groups (broad SMARTS) is 1. The molecule has 0 aromatic heterocycles. The van der Waals surface area contributed by atoms with E-state index in [0.717, 1.165) is 0 Å². The Morgan fingerprint density at radius 2 is 2.06 bits per heavy atom. The summed E-state index contributed by atoms with van der Waals surface area (Å²) in [4.78, 5) is 22.8. The Balaban J connectivity index is 2.00. The van der Waals surface area contributed by atoms with Crippen molar-refractivity contribution < 1.29 is 19.8 Å². The predicted octanol–water partition coefficient (Wildman–Crippen LogP) is 1.30. The van der Waals surface area contributed by atoms with E-state index in [2.05, 4.69) is 5.32 Å². The van der Waals surface area contributed by atoms with E-state index in [1.165, 1.54) is 12.1 Å². The van der Waals surface area contributed by atoms with E-state index in [0.29, 0.717) is 24.0 Å². The fourth-order valence-corrected chi connectivity index (χ4v) is 1.77. The number of benzene rings is 1. The van der Waals surface area contributed by atoms with Crippen molar-refractivity contribution in [2.45, 2.75) is 19.8 Å². The maximum atomic E-state index is 11.8. The third kappa shape index (κ3) is 2.30. The van der Waals surface area contributed by atoms with E-state index >= 15 is 0 Å². The topological polar surface area (TPSA) is 86.6 Å². The molecule has 1 saturated carbocycles. The summed E-state index contributed by atoms with van der Waals surface area (Å²) in [6.45, 7) is 1.85. The minimum absolute atomic E-state index is 0.135. The van der Waals surface area contributed by atoms with E-state index in [-0.39, 0.29) is 18.2 Å². The Labute approximate surface area is 104 Å². The number of phenols is 1. The first-order chi connectivity index (χ1) is 8.44. The first kappa shape index (κ1) is 12.4. The van der Waals surface area contributed by atoms with Crippen LogP contribution in [0, 0.1) is 12.3 Å². The number of nitrogens with one attached hydrogen (secondary N) is 1. The van der Waals surface area contributed by atoms with Gasteiger partial charge in [0.1, 0.15) is 5.75 Å². The Hall–Kier alpha value is -2.04. The number of phenolic OH excluding ortho intramolecular Hbond substituents is 1. The first-order valence-corrected chi connectivity index (χ1v) is 5.76. The van der Waals surface area contributed by atoms with Crippen molar-refractivity contribution in [3.05, 3.63) is 29.3 Å². The Kier molecular flexibility index (Phi) is 2.98. The third-order valence-electron chi connectivity index (χ3n) is 3.35. The smallest absolute Gasteiger partial charge is 0.311 e. The first-order valence-electron chi connectivity index (χ1n) is 5.76. The lowest BCUT2D eigenvalue weighted by molar-refractivity contribution is -0.143. The number of aliphatic carboxylic acids is 1. The van der Waals surface area contributed by atoms with Crippen LogP contribution in [0.4, 0.5) is 0 Å². The maximum Gasteiger partial charge on any atom is 0.311 e. The van der Waals surface area contributed by atoms with Gasteiger partial charge >= 0.3 is 5.97 Å². The average molecular weight is 249 g/mol. The molecule has 1 aliphatic rings. The van der Waals surface area contributed by atoms with Crippen LogP contribution in [0.3, 0.4) is 0 Å². The standard InChI is InChI=1S/C13H15NO4/c1-8-6-9(2-3-10(8)15)11(16)14-7-13(4-5-13)12(17)18/h2-3,6,15H,4-5,7H2,1H3,(H,14,16)(H,17,18). The van der Waals surface area contributed by atoms with Crippen molar-refractivity contribution >= 4 is 11.9 Å². The van der Waals surface area contributed by atoms with Gasteiger partial charge in [-0.05, 0) is 43.5 Å². The number of rotatable bonds is 4. The highest BCUT2D eigenvalue weighted by Gasteiger charge is 2.50. The molecule has 0 unspecified atom stereocenters. The van der Waals surface area contributed by atoms with Crippen LogP contribution in [-0.4, -0.2) is 28.6 Å². The number of carbonyl (C=O) groups is 2. The molecule has 0 saturated heterocycles. The van der Waals surface area contributed by atoms with Gasteiger partial charge in [-0.25, -0.2) is 0 Å². The molecule has 0 aliphatic heterocycles. The van der Waals surface area contributed by atoms with Crippen molar-refractivity contribution in [2.24, 2.45) is 5.41 Å². The van der Waals surface area contributed by atoms with Crippen LogP contribution >= 0.6 is 0 Å². The van der Waals surface area contributed by atoms with Gasteiger partial charge in [0.2, 0.25) is 0 Å². The lowest BCUT2D eigenvalue weighted by Crippen LogP contribution is -2.34. The third-order valence-corrected chi connectivity index (χ3v) is 3.35. The second-order valence-corrected chi connectivity index (χ2v) is 4.77. The monoisotopic (exact) mass is 249 g/mol. The van der Waals surface area contributed by atoms with E-state index in [1.54, 1.807) is 13.0 Å². The van der Waals surface area contributed by atoms with E-state index < -0.39 is 11.4 Å². The fraction of sp³-hybridized carbons (Fsp3) is 0.385. The van der Waals surface area contributed by atoms with Gasteiger partial charge in [0.25, 0.3) is 5.91 Å². The Morgan fingerprint density at radius 3 is 2.56 bits per heavy atom. The molecule has 0 atom stereocenters. The van der Waals surface area contributed by atoms with Crippen LogP contribution < -0.4 is 5.32 Å². The van der Waals surface area contributed by atoms with Crippen LogP contribution in [0.2, 0.25) is 0 Å². The molecule has 0 heterocycles. The zero-order valence-electron chi connectivity index (χ0n) is 10.1. The van der Waals surface area contributed by atoms with Crippen molar-refractivity contribution in [1.82, 2.24) is 5.32 Å². The van der Waals surface area contributed by atoms with Crippen molar-refractivity contribution in [2.75, 3.05) is 6.54 Å². The van der Waals surface area contributed by atoms with Gasteiger partial charge in [-0.2, -0.15) is 0 Å². The summed E-state index contributed by atoms with van der Waals surface area (Å²) < 4.78 is 0. The normalized spacial score (nSPS) is 16.1. The van der Waals surface area contributed by atoms with Crippen LogP contribution in [0.25, 0.3) is 0 Å². The molecule has 3 N–H and O–H groups in total. The highest BCUT2D eigenvalue weighted by Crippen LogP contribution is 2.45. The lowest BCUT2D eigenvalue weighted by atomic mass is 10.1. The molecule has 5 nitrogen and oxygen atoms in total. The molecule has 1 fully saturated rings. The second-order valence-electron chi connectivity index (χ2n) is 4.77. The average Bonchev–Trinajstić information content (AvgIpc) is 3.11. The number of hydrogen-bond donors (Lipinski definition) is 3. The minimum atomic E-state index is -0.857. The summed E-state index contributed by atoms with van der Waals surface area (Å²) in [6.07, 6.45) is 1.22. The van der Waals surface area contributed by atoms with E-state index in [9.17, 15) is 14.7 Å². The molecule has 0 radical (unpaired) electrons.